The molecule has 0 saturated carbocycles. The molecule has 1 aromatic carbocycles. The molecule has 0 bridgehead atoms. The number of methoxy groups -OCH3 is 2. The number of nitrogens with two attached hydrogens (primary N) is 2. The maximum Gasteiger partial charge on any atom is 0.250 e. The van der Waals surface area contributed by atoms with Gasteiger partial charge in [0.05, 0.1) is 30.2 Å². The van der Waals surface area contributed by atoms with E-state index in [1.807, 2.05) is 13.0 Å². The summed E-state index contributed by atoms with van der Waals surface area (Å²) in [7, 11) is 3.29. The van der Waals surface area contributed by atoms with Gasteiger partial charge in [-0.2, -0.15) is 0 Å². The first-order chi connectivity index (χ1) is 9.52. The molecule has 0 spiro atoms. The van der Waals surface area contributed by atoms with Gasteiger partial charge in [-0.05, 0) is 19.1 Å². The van der Waals surface area contributed by atoms with E-state index in [4.69, 9.17) is 20.9 Å². The summed E-state index contributed by atoms with van der Waals surface area (Å²) in [6.07, 6.45) is 0. The number of hydrogen-bond donors (Lipinski definition) is 2. The molecule has 0 fully saturated rings. The van der Waals surface area contributed by atoms with E-state index in [0.29, 0.717) is 31.0 Å². The van der Waals surface area contributed by atoms with Gasteiger partial charge in [-0.15, -0.1) is 0 Å². The van der Waals surface area contributed by atoms with Crippen LogP contribution in [-0.2, 0) is 9.47 Å². The van der Waals surface area contributed by atoms with Gasteiger partial charge in [0, 0.05) is 26.8 Å². The molecule has 0 saturated heterocycles. The highest BCUT2D eigenvalue weighted by Gasteiger charge is 2.19. The van der Waals surface area contributed by atoms with Crippen molar-refractivity contribution in [1.82, 2.24) is 0 Å². The summed E-state index contributed by atoms with van der Waals surface area (Å²) in [5.74, 6) is -0.532. The number of nitrogen functional groups attached to an aromatic ring is 1. The van der Waals surface area contributed by atoms with Crippen molar-refractivity contribution in [2.45, 2.75) is 13.0 Å². The molecular weight excluding hydrogens is 258 g/mol. The van der Waals surface area contributed by atoms with Crippen LogP contribution in [0.1, 0.15) is 17.3 Å². The maximum absolute atomic E-state index is 11.4. The third kappa shape index (κ3) is 3.85. The molecule has 1 amide bonds. The predicted octanol–water partition coefficient (Wildman–Crippen LogP) is 0.855. The number of amides is 1. The lowest BCUT2D eigenvalue weighted by molar-refractivity contribution is 0.100. The molecule has 0 aromatic heterocycles. The summed E-state index contributed by atoms with van der Waals surface area (Å²) in [5, 5.41) is 0. The lowest BCUT2D eigenvalue weighted by atomic mass is 10.1. The van der Waals surface area contributed by atoms with E-state index in [1.54, 1.807) is 26.4 Å². The molecule has 0 aliphatic heterocycles. The fraction of sp³-hybridized carbons (Fsp3) is 0.500. The van der Waals surface area contributed by atoms with Crippen LogP contribution in [0.2, 0.25) is 0 Å². The number of nitrogens with zero attached hydrogens (tertiary/aromatic N) is 1. The van der Waals surface area contributed by atoms with Crippen LogP contribution in [-0.4, -0.2) is 45.9 Å². The van der Waals surface area contributed by atoms with Crippen LogP contribution >= 0.6 is 0 Å². The second kappa shape index (κ2) is 7.72. The van der Waals surface area contributed by atoms with Crippen molar-refractivity contribution in [1.29, 1.82) is 0 Å². The molecule has 6 heteroatoms. The minimum Gasteiger partial charge on any atom is -0.396 e. The fourth-order valence-corrected chi connectivity index (χ4v) is 2.12. The molecule has 1 atom stereocenters. The van der Waals surface area contributed by atoms with Crippen LogP contribution in [0.25, 0.3) is 0 Å². The molecule has 1 rings (SSSR count). The lowest BCUT2D eigenvalue weighted by Gasteiger charge is -2.32. The zero-order valence-electron chi connectivity index (χ0n) is 12.3. The standard InChI is InChI=1S/C14H23N3O3/c1-10(9-20-3)17(7-8-19-2)12-6-4-5-11(13(12)15)14(16)18/h4-6,10H,7-9,15H2,1-3H3,(H2,16,18). The van der Waals surface area contributed by atoms with Crippen molar-refractivity contribution in [3.05, 3.63) is 23.8 Å². The number of benzene rings is 1. The van der Waals surface area contributed by atoms with Gasteiger partial charge in [-0.1, -0.05) is 6.07 Å². The fourth-order valence-electron chi connectivity index (χ4n) is 2.12. The van der Waals surface area contributed by atoms with Gasteiger partial charge in [-0.3, -0.25) is 4.79 Å². The minimum absolute atomic E-state index is 0.0978. The first kappa shape index (κ1) is 16.3. The van der Waals surface area contributed by atoms with Gasteiger partial charge < -0.3 is 25.8 Å². The van der Waals surface area contributed by atoms with Gasteiger partial charge >= 0.3 is 0 Å². The van der Waals surface area contributed by atoms with Crippen LogP contribution < -0.4 is 16.4 Å². The van der Waals surface area contributed by atoms with Gasteiger partial charge in [0.2, 0.25) is 0 Å². The van der Waals surface area contributed by atoms with Crippen LogP contribution in [0.15, 0.2) is 18.2 Å². The van der Waals surface area contributed by atoms with Crippen molar-refractivity contribution < 1.29 is 14.3 Å². The summed E-state index contributed by atoms with van der Waals surface area (Å²) in [6, 6.07) is 5.35. The average Bonchev–Trinajstić information content (AvgIpc) is 2.40. The van der Waals surface area contributed by atoms with Crippen LogP contribution in [0.3, 0.4) is 0 Å². The second-order valence-electron chi connectivity index (χ2n) is 4.59. The number of carbonyl (C=O) groups is 1. The summed E-state index contributed by atoms with van der Waals surface area (Å²) < 4.78 is 10.3. The van der Waals surface area contributed by atoms with Crippen molar-refractivity contribution in [2.75, 3.05) is 44.6 Å². The smallest absolute Gasteiger partial charge is 0.250 e. The molecule has 1 unspecified atom stereocenters. The Kier molecular flexibility index (Phi) is 6.27. The Balaban J connectivity index is 3.12. The molecule has 112 valence electrons. The Morgan fingerprint density at radius 3 is 2.60 bits per heavy atom. The SMILES string of the molecule is COCCN(c1cccc(C(N)=O)c1N)C(C)COC. The number of hydrogen-bond acceptors (Lipinski definition) is 5. The Morgan fingerprint density at radius 1 is 1.35 bits per heavy atom. The number of para-hydroxylation sites is 1. The van der Waals surface area contributed by atoms with Gasteiger partial charge in [0.15, 0.2) is 0 Å². The largest absolute Gasteiger partial charge is 0.396 e. The van der Waals surface area contributed by atoms with Gasteiger partial charge in [-0.25, -0.2) is 0 Å². The highest BCUT2D eigenvalue weighted by atomic mass is 16.5. The van der Waals surface area contributed by atoms with E-state index in [9.17, 15) is 4.79 Å². The number of primary amides is 1. The first-order valence-electron chi connectivity index (χ1n) is 6.45. The highest BCUT2D eigenvalue weighted by Crippen LogP contribution is 2.28. The zero-order valence-corrected chi connectivity index (χ0v) is 12.3. The third-order valence-electron chi connectivity index (χ3n) is 3.13. The zero-order chi connectivity index (χ0) is 15.1. The van der Waals surface area contributed by atoms with E-state index in [0.717, 1.165) is 5.69 Å². The molecule has 0 aliphatic carbocycles. The van der Waals surface area contributed by atoms with Crippen molar-refractivity contribution in [2.24, 2.45) is 5.73 Å². The second-order valence-corrected chi connectivity index (χ2v) is 4.59. The highest BCUT2D eigenvalue weighted by molar-refractivity contribution is 6.00. The van der Waals surface area contributed by atoms with Crippen molar-refractivity contribution >= 4 is 17.3 Å². The van der Waals surface area contributed by atoms with E-state index in [2.05, 4.69) is 4.90 Å². The minimum atomic E-state index is -0.532. The molecule has 1 aromatic rings. The normalized spacial score (nSPS) is 12.2. The molecule has 0 radical (unpaired) electrons. The molecular formula is C14H23N3O3. The van der Waals surface area contributed by atoms with Crippen molar-refractivity contribution in [3.8, 4) is 0 Å². The summed E-state index contributed by atoms with van der Waals surface area (Å²) in [6.45, 7) is 3.77. The Hall–Kier alpha value is -1.79. The number of carbonyl (C=O) groups excluding carboxylic acids is 1. The maximum atomic E-state index is 11.4. The average molecular weight is 281 g/mol. The van der Waals surface area contributed by atoms with E-state index in [1.165, 1.54) is 0 Å². The van der Waals surface area contributed by atoms with Crippen LogP contribution in [0.5, 0.6) is 0 Å². The molecule has 20 heavy (non-hydrogen) atoms. The van der Waals surface area contributed by atoms with Crippen molar-refractivity contribution in [3.63, 3.8) is 0 Å². The molecule has 4 N–H and O–H groups in total. The monoisotopic (exact) mass is 281 g/mol. The van der Waals surface area contributed by atoms with Gasteiger partial charge in [0.1, 0.15) is 0 Å². The van der Waals surface area contributed by atoms with Crippen LogP contribution in [0.4, 0.5) is 11.4 Å². The summed E-state index contributed by atoms with van der Waals surface area (Å²) in [4.78, 5) is 13.4. The molecule has 0 heterocycles. The molecule has 6 nitrogen and oxygen atoms in total. The van der Waals surface area contributed by atoms with Gasteiger partial charge in [0.25, 0.3) is 5.91 Å². The Morgan fingerprint density at radius 2 is 2.05 bits per heavy atom. The van der Waals surface area contributed by atoms with E-state index >= 15 is 0 Å². The topological polar surface area (TPSA) is 90.8 Å². The predicted molar refractivity (Wildman–Crippen MR) is 79.9 cm³/mol. The number of rotatable bonds is 8. The van der Waals surface area contributed by atoms with E-state index < -0.39 is 5.91 Å². The third-order valence-corrected chi connectivity index (χ3v) is 3.13. The first-order valence-corrected chi connectivity index (χ1v) is 6.45. The Bertz CT molecular complexity index is 451. The van der Waals surface area contributed by atoms with Crippen LogP contribution in [0, 0.1) is 0 Å². The molecule has 0 aliphatic rings. The van der Waals surface area contributed by atoms with E-state index in [-0.39, 0.29) is 6.04 Å². The number of anilines is 2. The quantitative estimate of drug-likeness (QED) is 0.689. The number of ether oxygens (including phenoxy) is 2. The summed E-state index contributed by atoms with van der Waals surface area (Å²) >= 11 is 0. The summed E-state index contributed by atoms with van der Waals surface area (Å²) in [5.41, 5.74) is 12.9. The Labute approximate surface area is 119 Å². The lowest BCUT2D eigenvalue weighted by Crippen LogP contribution is -2.39.